The summed E-state index contributed by atoms with van der Waals surface area (Å²) < 4.78 is 6.91. The first-order valence-electron chi connectivity index (χ1n) is 5.49. The monoisotopic (exact) mass is 404 g/mol. The summed E-state index contributed by atoms with van der Waals surface area (Å²) in [5, 5.41) is 11.1. The van der Waals surface area contributed by atoms with E-state index in [2.05, 4.69) is 31.9 Å². The van der Waals surface area contributed by atoms with Gasteiger partial charge in [0.2, 0.25) is 0 Å². The molecule has 0 saturated carbocycles. The predicted octanol–water partition coefficient (Wildman–Crippen LogP) is 4.96. The summed E-state index contributed by atoms with van der Waals surface area (Å²) in [4.78, 5) is 0. The third-order valence-corrected chi connectivity index (χ3v) is 4.45. The van der Waals surface area contributed by atoms with E-state index in [0.717, 1.165) is 14.5 Å². The maximum atomic E-state index is 10.5. The Morgan fingerprint density at radius 1 is 1.16 bits per heavy atom. The van der Waals surface area contributed by atoms with Crippen LogP contribution in [-0.2, 0) is 0 Å². The standard InChI is InChI=1S/C14H11Br2ClO2/c1-19-13-5-3-9(15)7-10(13)14(18)8-2-4-12(17)11(16)6-8/h2-7,14,18H,1H3. The minimum absolute atomic E-state index is 0.608. The topological polar surface area (TPSA) is 29.5 Å². The molecule has 2 aromatic carbocycles. The van der Waals surface area contributed by atoms with Crippen LogP contribution in [0.2, 0.25) is 5.02 Å². The highest BCUT2D eigenvalue weighted by Gasteiger charge is 2.16. The van der Waals surface area contributed by atoms with Gasteiger partial charge in [-0.05, 0) is 51.8 Å². The van der Waals surface area contributed by atoms with Gasteiger partial charge in [-0.25, -0.2) is 0 Å². The van der Waals surface area contributed by atoms with Crippen molar-refractivity contribution in [1.82, 2.24) is 0 Å². The van der Waals surface area contributed by atoms with Gasteiger partial charge in [-0.15, -0.1) is 0 Å². The van der Waals surface area contributed by atoms with Crippen LogP contribution in [-0.4, -0.2) is 12.2 Å². The Labute approximate surface area is 133 Å². The highest BCUT2D eigenvalue weighted by molar-refractivity contribution is 9.10. The summed E-state index contributed by atoms with van der Waals surface area (Å²) in [6, 6.07) is 10.9. The molecule has 0 saturated heterocycles. The van der Waals surface area contributed by atoms with Crippen molar-refractivity contribution in [2.24, 2.45) is 0 Å². The molecule has 0 bridgehead atoms. The molecule has 100 valence electrons. The van der Waals surface area contributed by atoms with Crippen molar-refractivity contribution < 1.29 is 9.84 Å². The van der Waals surface area contributed by atoms with Gasteiger partial charge in [-0.2, -0.15) is 0 Å². The third kappa shape index (κ3) is 3.31. The predicted molar refractivity (Wildman–Crippen MR) is 83.9 cm³/mol. The number of benzene rings is 2. The van der Waals surface area contributed by atoms with E-state index >= 15 is 0 Å². The van der Waals surface area contributed by atoms with E-state index in [1.54, 1.807) is 25.3 Å². The second-order valence-corrected chi connectivity index (χ2v) is 6.14. The van der Waals surface area contributed by atoms with E-state index < -0.39 is 6.10 Å². The van der Waals surface area contributed by atoms with Crippen molar-refractivity contribution in [3.8, 4) is 5.75 Å². The summed E-state index contributed by atoms with van der Waals surface area (Å²) in [6.45, 7) is 0. The molecule has 0 radical (unpaired) electrons. The van der Waals surface area contributed by atoms with Gasteiger partial charge in [-0.3, -0.25) is 0 Å². The largest absolute Gasteiger partial charge is 0.496 e. The minimum Gasteiger partial charge on any atom is -0.496 e. The quantitative estimate of drug-likeness (QED) is 0.781. The molecule has 1 N–H and O–H groups in total. The number of halogens is 3. The number of aliphatic hydroxyl groups excluding tert-OH is 1. The lowest BCUT2D eigenvalue weighted by Gasteiger charge is -2.16. The second kappa shape index (κ2) is 6.27. The SMILES string of the molecule is COc1ccc(Br)cc1C(O)c1ccc(Cl)c(Br)c1. The Kier molecular flexibility index (Phi) is 4.90. The van der Waals surface area contributed by atoms with Crippen LogP contribution < -0.4 is 4.74 Å². The molecule has 1 atom stereocenters. The first-order chi connectivity index (χ1) is 9.02. The van der Waals surface area contributed by atoms with Crippen LogP contribution in [0, 0.1) is 0 Å². The molecule has 2 nitrogen and oxygen atoms in total. The van der Waals surface area contributed by atoms with Crippen molar-refractivity contribution in [3.63, 3.8) is 0 Å². The average molecular weight is 407 g/mol. The van der Waals surface area contributed by atoms with Crippen LogP contribution in [0.1, 0.15) is 17.2 Å². The lowest BCUT2D eigenvalue weighted by molar-refractivity contribution is 0.214. The van der Waals surface area contributed by atoms with Crippen LogP contribution in [0.4, 0.5) is 0 Å². The zero-order chi connectivity index (χ0) is 14.0. The van der Waals surface area contributed by atoms with Gasteiger partial charge in [-0.1, -0.05) is 33.6 Å². The van der Waals surface area contributed by atoms with E-state index in [4.69, 9.17) is 16.3 Å². The van der Waals surface area contributed by atoms with Crippen LogP contribution in [0.5, 0.6) is 5.75 Å². The third-order valence-electron chi connectivity index (χ3n) is 2.75. The molecule has 0 spiro atoms. The molecule has 2 rings (SSSR count). The van der Waals surface area contributed by atoms with Crippen molar-refractivity contribution >= 4 is 43.5 Å². The number of ether oxygens (including phenoxy) is 1. The maximum Gasteiger partial charge on any atom is 0.125 e. The Bertz CT molecular complexity index is 602. The molecule has 0 aliphatic rings. The summed E-state index contributed by atoms with van der Waals surface area (Å²) >= 11 is 12.7. The van der Waals surface area contributed by atoms with Gasteiger partial charge in [0.25, 0.3) is 0 Å². The van der Waals surface area contributed by atoms with E-state index in [9.17, 15) is 5.11 Å². The first-order valence-corrected chi connectivity index (χ1v) is 7.45. The van der Waals surface area contributed by atoms with Crippen LogP contribution in [0.25, 0.3) is 0 Å². The molecule has 0 aromatic heterocycles. The molecule has 0 aliphatic heterocycles. The van der Waals surface area contributed by atoms with E-state index in [1.165, 1.54) is 0 Å². The normalized spacial score (nSPS) is 12.3. The fraction of sp³-hybridized carbons (Fsp3) is 0.143. The van der Waals surface area contributed by atoms with Crippen LogP contribution >= 0.6 is 43.5 Å². The number of hydrogen-bond donors (Lipinski definition) is 1. The van der Waals surface area contributed by atoms with Crippen molar-refractivity contribution in [2.75, 3.05) is 7.11 Å². The van der Waals surface area contributed by atoms with Gasteiger partial charge in [0.1, 0.15) is 11.9 Å². The highest BCUT2D eigenvalue weighted by atomic mass is 79.9. The average Bonchev–Trinajstić information content (AvgIpc) is 2.41. The minimum atomic E-state index is -0.777. The lowest BCUT2D eigenvalue weighted by atomic mass is 10.0. The van der Waals surface area contributed by atoms with E-state index in [0.29, 0.717) is 16.3 Å². The number of rotatable bonds is 3. The molecule has 5 heteroatoms. The first kappa shape index (κ1) is 14.9. The molecule has 0 fully saturated rings. The van der Waals surface area contributed by atoms with Gasteiger partial charge in [0, 0.05) is 14.5 Å². The van der Waals surface area contributed by atoms with Crippen molar-refractivity contribution in [2.45, 2.75) is 6.10 Å². The molecule has 19 heavy (non-hydrogen) atoms. The zero-order valence-corrected chi connectivity index (χ0v) is 14.0. The molecule has 0 heterocycles. The van der Waals surface area contributed by atoms with Crippen molar-refractivity contribution in [1.29, 1.82) is 0 Å². The fourth-order valence-electron chi connectivity index (χ4n) is 1.78. The Hall–Kier alpha value is -0.550. The highest BCUT2D eigenvalue weighted by Crippen LogP contribution is 2.34. The Morgan fingerprint density at radius 2 is 1.89 bits per heavy atom. The summed E-state index contributed by atoms with van der Waals surface area (Å²) in [5.41, 5.74) is 1.44. The maximum absolute atomic E-state index is 10.5. The van der Waals surface area contributed by atoms with E-state index in [1.807, 2.05) is 18.2 Å². The Morgan fingerprint density at radius 3 is 2.53 bits per heavy atom. The molecular formula is C14H11Br2ClO2. The number of aliphatic hydroxyl groups is 1. The smallest absolute Gasteiger partial charge is 0.125 e. The van der Waals surface area contributed by atoms with Gasteiger partial charge in [0.15, 0.2) is 0 Å². The molecule has 0 amide bonds. The summed E-state index contributed by atoms with van der Waals surface area (Å²) in [5.74, 6) is 0.641. The number of hydrogen-bond acceptors (Lipinski definition) is 2. The van der Waals surface area contributed by atoms with Crippen LogP contribution in [0.15, 0.2) is 45.3 Å². The van der Waals surface area contributed by atoms with Gasteiger partial charge < -0.3 is 9.84 Å². The molecule has 1 unspecified atom stereocenters. The molecular weight excluding hydrogens is 395 g/mol. The molecule has 2 aromatic rings. The Balaban J connectivity index is 2.45. The van der Waals surface area contributed by atoms with E-state index in [-0.39, 0.29) is 0 Å². The van der Waals surface area contributed by atoms with Crippen LogP contribution in [0.3, 0.4) is 0 Å². The van der Waals surface area contributed by atoms with Gasteiger partial charge in [0.05, 0.1) is 12.1 Å². The summed E-state index contributed by atoms with van der Waals surface area (Å²) in [7, 11) is 1.58. The summed E-state index contributed by atoms with van der Waals surface area (Å²) in [6.07, 6.45) is -0.777. The lowest BCUT2D eigenvalue weighted by Crippen LogP contribution is -2.02. The zero-order valence-electron chi connectivity index (χ0n) is 10.0. The van der Waals surface area contributed by atoms with Gasteiger partial charge >= 0.3 is 0 Å². The second-order valence-electron chi connectivity index (χ2n) is 3.96. The van der Waals surface area contributed by atoms with Crippen molar-refractivity contribution in [3.05, 3.63) is 61.5 Å². The molecule has 0 aliphatic carbocycles. The number of methoxy groups -OCH3 is 1. The fourth-order valence-corrected chi connectivity index (χ4v) is 2.67.